The highest BCUT2D eigenvalue weighted by Gasteiger charge is 2.02. The maximum Gasteiger partial charge on any atom is 0.155 e. The zero-order valence-corrected chi connectivity index (χ0v) is 7.77. The van der Waals surface area contributed by atoms with Gasteiger partial charge in [-0.2, -0.15) is 5.10 Å². The van der Waals surface area contributed by atoms with Crippen LogP contribution < -0.4 is 0 Å². The van der Waals surface area contributed by atoms with Crippen molar-refractivity contribution in [2.24, 2.45) is 0 Å². The highest BCUT2D eigenvalue weighted by atomic mass is 15.2. The second-order valence-electron chi connectivity index (χ2n) is 2.96. The van der Waals surface area contributed by atoms with E-state index in [2.05, 4.69) is 21.8 Å². The minimum atomic E-state index is 0.698. The van der Waals surface area contributed by atoms with Crippen LogP contribution in [-0.2, 0) is 6.42 Å². The van der Waals surface area contributed by atoms with Gasteiger partial charge < -0.3 is 0 Å². The van der Waals surface area contributed by atoms with Crippen LogP contribution in [0.25, 0.3) is 11.4 Å². The van der Waals surface area contributed by atoms with Gasteiger partial charge >= 0.3 is 0 Å². The minimum Gasteiger partial charge on any atom is -0.259 e. The second kappa shape index (κ2) is 3.87. The number of aromatic amines is 1. The molecule has 0 atom stereocenters. The fraction of sp³-hybridized carbons (Fsp3) is 0.0909. The molecule has 70 valence electrons. The van der Waals surface area contributed by atoms with Gasteiger partial charge in [0, 0.05) is 12.0 Å². The van der Waals surface area contributed by atoms with E-state index >= 15 is 0 Å². The van der Waals surface area contributed by atoms with Crippen molar-refractivity contribution >= 4 is 0 Å². The molecule has 0 fully saturated rings. The predicted octanol–water partition coefficient (Wildman–Crippen LogP) is 2.20. The van der Waals surface area contributed by atoms with Crippen LogP contribution >= 0.6 is 0 Å². The molecule has 1 heterocycles. The summed E-state index contributed by atoms with van der Waals surface area (Å²) in [6.07, 6.45) is 2.49. The van der Waals surface area contributed by atoms with E-state index in [0.29, 0.717) is 6.42 Å². The molecule has 3 nitrogen and oxygen atoms in total. The fourth-order valence-corrected chi connectivity index (χ4v) is 1.24. The lowest BCUT2D eigenvalue weighted by Gasteiger charge is -1.92. The van der Waals surface area contributed by atoms with Crippen LogP contribution in [0.15, 0.2) is 43.0 Å². The smallest absolute Gasteiger partial charge is 0.155 e. The molecule has 2 rings (SSSR count). The van der Waals surface area contributed by atoms with Crippen LogP contribution in [-0.4, -0.2) is 15.2 Å². The predicted molar refractivity (Wildman–Crippen MR) is 55.7 cm³/mol. The van der Waals surface area contributed by atoms with Gasteiger partial charge in [0.05, 0.1) is 0 Å². The van der Waals surface area contributed by atoms with Crippen LogP contribution in [0, 0.1) is 0 Å². The van der Waals surface area contributed by atoms with Crippen LogP contribution in [0.1, 0.15) is 5.82 Å². The molecular weight excluding hydrogens is 174 g/mol. The zero-order valence-electron chi connectivity index (χ0n) is 7.77. The van der Waals surface area contributed by atoms with Gasteiger partial charge in [-0.1, -0.05) is 36.4 Å². The van der Waals surface area contributed by atoms with Crippen molar-refractivity contribution in [1.82, 2.24) is 15.2 Å². The lowest BCUT2D eigenvalue weighted by atomic mass is 10.2. The van der Waals surface area contributed by atoms with Crippen molar-refractivity contribution in [3.63, 3.8) is 0 Å². The number of H-pyrrole nitrogens is 1. The van der Waals surface area contributed by atoms with Crippen molar-refractivity contribution in [3.05, 3.63) is 48.8 Å². The third-order valence-electron chi connectivity index (χ3n) is 1.91. The first-order valence-corrected chi connectivity index (χ1v) is 4.48. The molecule has 0 amide bonds. The standard InChI is InChI=1S/C11H11N3/c1-2-6-10-12-11(14-13-10)9-7-4-3-5-8-9/h2-5,7-8H,1,6H2,(H,12,13,14). The Morgan fingerprint density at radius 1 is 1.29 bits per heavy atom. The van der Waals surface area contributed by atoms with Crippen LogP contribution in [0.5, 0.6) is 0 Å². The summed E-state index contributed by atoms with van der Waals surface area (Å²) in [4.78, 5) is 4.33. The highest BCUT2D eigenvalue weighted by Crippen LogP contribution is 2.13. The Morgan fingerprint density at radius 3 is 2.79 bits per heavy atom. The van der Waals surface area contributed by atoms with E-state index in [1.54, 1.807) is 6.08 Å². The van der Waals surface area contributed by atoms with Gasteiger partial charge in [0.15, 0.2) is 11.6 Å². The van der Waals surface area contributed by atoms with E-state index in [-0.39, 0.29) is 0 Å². The van der Waals surface area contributed by atoms with Gasteiger partial charge in [-0.15, -0.1) is 6.58 Å². The average molecular weight is 185 g/mol. The molecule has 0 saturated carbocycles. The number of allylic oxidation sites excluding steroid dienone is 1. The molecule has 0 unspecified atom stereocenters. The summed E-state index contributed by atoms with van der Waals surface area (Å²) >= 11 is 0. The van der Waals surface area contributed by atoms with Crippen LogP contribution in [0.4, 0.5) is 0 Å². The van der Waals surface area contributed by atoms with E-state index in [4.69, 9.17) is 0 Å². The van der Waals surface area contributed by atoms with E-state index in [0.717, 1.165) is 17.2 Å². The summed E-state index contributed by atoms with van der Waals surface area (Å²) in [6, 6.07) is 9.93. The third kappa shape index (κ3) is 1.71. The lowest BCUT2D eigenvalue weighted by Crippen LogP contribution is -1.83. The van der Waals surface area contributed by atoms with Crippen LogP contribution in [0.2, 0.25) is 0 Å². The van der Waals surface area contributed by atoms with Gasteiger partial charge in [0.25, 0.3) is 0 Å². The molecule has 0 bridgehead atoms. The van der Waals surface area contributed by atoms with Crippen molar-refractivity contribution < 1.29 is 0 Å². The van der Waals surface area contributed by atoms with Crippen molar-refractivity contribution in [3.8, 4) is 11.4 Å². The Morgan fingerprint density at radius 2 is 2.07 bits per heavy atom. The summed E-state index contributed by atoms with van der Waals surface area (Å²) < 4.78 is 0. The number of benzene rings is 1. The third-order valence-corrected chi connectivity index (χ3v) is 1.91. The Kier molecular flexibility index (Phi) is 2.40. The molecular formula is C11H11N3. The number of hydrogen-bond acceptors (Lipinski definition) is 2. The van der Waals surface area contributed by atoms with Gasteiger partial charge in [0.2, 0.25) is 0 Å². The average Bonchev–Trinajstić information content (AvgIpc) is 2.68. The molecule has 0 spiro atoms. The molecule has 3 heteroatoms. The summed E-state index contributed by atoms with van der Waals surface area (Å²) in [5, 5.41) is 6.97. The first-order chi connectivity index (χ1) is 6.90. The number of nitrogens with zero attached hydrogens (tertiary/aromatic N) is 2. The maximum atomic E-state index is 4.33. The minimum absolute atomic E-state index is 0.698. The summed E-state index contributed by atoms with van der Waals surface area (Å²) in [6.45, 7) is 3.64. The zero-order chi connectivity index (χ0) is 9.80. The lowest BCUT2D eigenvalue weighted by molar-refractivity contribution is 0.992. The highest BCUT2D eigenvalue weighted by molar-refractivity contribution is 5.53. The van der Waals surface area contributed by atoms with Crippen molar-refractivity contribution in [1.29, 1.82) is 0 Å². The number of hydrogen-bond donors (Lipinski definition) is 1. The van der Waals surface area contributed by atoms with Gasteiger partial charge in [0.1, 0.15) is 0 Å². The van der Waals surface area contributed by atoms with E-state index in [9.17, 15) is 0 Å². The normalized spacial score (nSPS) is 10.0. The first kappa shape index (κ1) is 8.69. The summed E-state index contributed by atoms with van der Waals surface area (Å²) in [5.41, 5.74) is 1.05. The van der Waals surface area contributed by atoms with Crippen LogP contribution in [0.3, 0.4) is 0 Å². The van der Waals surface area contributed by atoms with Gasteiger partial charge in [-0.25, -0.2) is 4.98 Å². The molecule has 14 heavy (non-hydrogen) atoms. The molecule has 0 aliphatic heterocycles. The van der Waals surface area contributed by atoms with E-state index in [1.165, 1.54) is 0 Å². The Hall–Kier alpha value is -1.90. The molecule has 0 aliphatic carbocycles. The Balaban J connectivity index is 2.29. The Bertz CT molecular complexity index is 417. The summed E-state index contributed by atoms with van der Waals surface area (Å²) in [7, 11) is 0. The number of nitrogens with one attached hydrogen (secondary N) is 1. The molecule has 0 aliphatic rings. The molecule has 0 saturated heterocycles. The monoisotopic (exact) mass is 185 g/mol. The second-order valence-corrected chi connectivity index (χ2v) is 2.96. The molecule has 1 N–H and O–H groups in total. The maximum absolute atomic E-state index is 4.33. The summed E-state index contributed by atoms with van der Waals surface area (Å²) in [5.74, 6) is 1.58. The largest absolute Gasteiger partial charge is 0.259 e. The van der Waals surface area contributed by atoms with Gasteiger partial charge in [-0.05, 0) is 0 Å². The van der Waals surface area contributed by atoms with Gasteiger partial charge in [-0.3, -0.25) is 5.10 Å². The van der Waals surface area contributed by atoms with E-state index < -0.39 is 0 Å². The topological polar surface area (TPSA) is 41.6 Å². The number of rotatable bonds is 3. The molecule has 2 aromatic rings. The first-order valence-electron chi connectivity index (χ1n) is 4.48. The SMILES string of the molecule is C=CCc1n[nH]c(-c2ccccc2)n1. The fourth-order valence-electron chi connectivity index (χ4n) is 1.24. The van der Waals surface area contributed by atoms with E-state index in [1.807, 2.05) is 30.3 Å². The Labute approximate surface area is 82.5 Å². The van der Waals surface area contributed by atoms with Crippen molar-refractivity contribution in [2.45, 2.75) is 6.42 Å². The van der Waals surface area contributed by atoms with Crippen molar-refractivity contribution in [2.75, 3.05) is 0 Å². The number of aromatic nitrogens is 3. The molecule has 1 aromatic carbocycles. The molecule has 1 aromatic heterocycles. The molecule has 0 radical (unpaired) electrons. The quantitative estimate of drug-likeness (QED) is 0.745.